The van der Waals surface area contributed by atoms with E-state index in [1.165, 1.54) is 11.1 Å². The summed E-state index contributed by atoms with van der Waals surface area (Å²) in [5.41, 5.74) is 9.46. The standard InChI is InChI=1S/C17H29N/c1-7-17(5,6)14-10-8-13(9-11-14)15(18)12-16(2,3)4/h8-11,15H,7,12,18H2,1-6H3. The highest BCUT2D eigenvalue weighted by Crippen LogP contribution is 2.30. The molecule has 18 heavy (non-hydrogen) atoms. The first-order valence-electron chi connectivity index (χ1n) is 7.02. The maximum absolute atomic E-state index is 6.27. The number of benzene rings is 1. The lowest BCUT2D eigenvalue weighted by Gasteiger charge is -2.26. The van der Waals surface area contributed by atoms with Gasteiger partial charge in [0.25, 0.3) is 0 Å². The molecule has 102 valence electrons. The highest BCUT2D eigenvalue weighted by Gasteiger charge is 2.20. The van der Waals surface area contributed by atoms with Crippen LogP contribution in [-0.2, 0) is 5.41 Å². The molecule has 0 spiro atoms. The molecule has 1 aromatic carbocycles. The highest BCUT2D eigenvalue weighted by atomic mass is 14.6. The van der Waals surface area contributed by atoms with Gasteiger partial charge in [0.2, 0.25) is 0 Å². The van der Waals surface area contributed by atoms with Crippen molar-refractivity contribution < 1.29 is 0 Å². The molecule has 0 aliphatic heterocycles. The van der Waals surface area contributed by atoms with E-state index in [-0.39, 0.29) is 16.9 Å². The fraction of sp³-hybridized carbons (Fsp3) is 0.647. The molecule has 1 aromatic rings. The second-order valence-electron chi connectivity index (χ2n) is 7.23. The van der Waals surface area contributed by atoms with Gasteiger partial charge >= 0.3 is 0 Å². The normalized spacial score (nSPS) is 14.6. The van der Waals surface area contributed by atoms with Crippen molar-refractivity contribution in [3.63, 3.8) is 0 Å². The largest absolute Gasteiger partial charge is 0.324 e. The van der Waals surface area contributed by atoms with Crippen molar-refractivity contribution in [3.05, 3.63) is 35.4 Å². The van der Waals surface area contributed by atoms with Gasteiger partial charge in [0, 0.05) is 6.04 Å². The molecular weight excluding hydrogens is 218 g/mol. The van der Waals surface area contributed by atoms with E-state index in [0.717, 1.165) is 12.8 Å². The van der Waals surface area contributed by atoms with Crippen molar-refractivity contribution in [2.24, 2.45) is 11.1 Å². The monoisotopic (exact) mass is 247 g/mol. The molecule has 0 fully saturated rings. The molecule has 1 unspecified atom stereocenters. The average Bonchev–Trinajstić information content (AvgIpc) is 2.27. The summed E-state index contributed by atoms with van der Waals surface area (Å²) in [4.78, 5) is 0. The van der Waals surface area contributed by atoms with Crippen LogP contribution in [0.1, 0.15) is 71.6 Å². The summed E-state index contributed by atoms with van der Waals surface area (Å²) in [6, 6.07) is 9.01. The van der Waals surface area contributed by atoms with Crippen LogP contribution in [0, 0.1) is 5.41 Å². The van der Waals surface area contributed by atoms with Crippen LogP contribution in [0.2, 0.25) is 0 Å². The van der Waals surface area contributed by atoms with Crippen LogP contribution in [0.4, 0.5) is 0 Å². The molecular formula is C17H29N. The van der Waals surface area contributed by atoms with Crippen LogP contribution < -0.4 is 5.73 Å². The summed E-state index contributed by atoms with van der Waals surface area (Å²) < 4.78 is 0. The highest BCUT2D eigenvalue weighted by molar-refractivity contribution is 5.29. The third-order valence-corrected chi connectivity index (χ3v) is 3.84. The zero-order valence-electron chi connectivity index (χ0n) is 12.9. The Balaban J connectivity index is 2.83. The third kappa shape index (κ3) is 4.13. The Morgan fingerprint density at radius 1 is 1.00 bits per heavy atom. The van der Waals surface area contributed by atoms with Crippen LogP contribution in [0.25, 0.3) is 0 Å². The minimum atomic E-state index is 0.142. The van der Waals surface area contributed by atoms with E-state index in [2.05, 4.69) is 65.8 Å². The maximum atomic E-state index is 6.27. The van der Waals surface area contributed by atoms with Crippen molar-refractivity contribution in [1.29, 1.82) is 0 Å². The predicted octanol–water partition coefficient (Wildman–Crippen LogP) is 4.81. The second kappa shape index (κ2) is 5.44. The lowest BCUT2D eigenvalue weighted by atomic mass is 9.81. The molecule has 0 aromatic heterocycles. The number of hydrogen-bond acceptors (Lipinski definition) is 1. The van der Waals surface area contributed by atoms with Crippen LogP contribution in [0.15, 0.2) is 24.3 Å². The molecule has 0 aliphatic carbocycles. The van der Waals surface area contributed by atoms with Crippen LogP contribution in [-0.4, -0.2) is 0 Å². The molecule has 1 nitrogen and oxygen atoms in total. The molecule has 1 atom stereocenters. The Hall–Kier alpha value is -0.820. The number of hydrogen-bond donors (Lipinski definition) is 1. The van der Waals surface area contributed by atoms with Gasteiger partial charge < -0.3 is 5.73 Å². The van der Waals surface area contributed by atoms with Crippen molar-refractivity contribution in [1.82, 2.24) is 0 Å². The van der Waals surface area contributed by atoms with Crippen molar-refractivity contribution in [2.45, 2.75) is 65.8 Å². The zero-order valence-corrected chi connectivity index (χ0v) is 12.9. The van der Waals surface area contributed by atoms with E-state index in [4.69, 9.17) is 5.73 Å². The Bertz CT molecular complexity index is 368. The van der Waals surface area contributed by atoms with Crippen LogP contribution in [0.3, 0.4) is 0 Å². The molecule has 0 saturated carbocycles. The SMILES string of the molecule is CCC(C)(C)c1ccc(C(N)CC(C)(C)C)cc1. The Labute approximate surface area is 113 Å². The number of nitrogens with two attached hydrogens (primary N) is 1. The van der Waals surface area contributed by atoms with Gasteiger partial charge in [-0.3, -0.25) is 0 Å². The lowest BCUT2D eigenvalue weighted by molar-refractivity contribution is 0.342. The van der Waals surface area contributed by atoms with E-state index in [9.17, 15) is 0 Å². The van der Waals surface area contributed by atoms with Gasteiger partial charge in [-0.15, -0.1) is 0 Å². The quantitative estimate of drug-likeness (QED) is 0.811. The summed E-state index contributed by atoms with van der Waals surface area (Å²) in [5, 5.41) is 0. The van der Waals surface area contributed by atoms with Crippen LogP contribution >= 0.6 is 0 Å². The summed E-state index contributed by atoms with van der Waals surface area (Å²) in [6.45, 7) is 13.5. The lowest BCUT2D eigenvalue weighted by Crippen LogP contribution is -2.19. The number of rotatable bonds is 4. The van der Waals surface area contributed by atoms with E-state index in [0.29, 0.717) is 0 Å². The van der Waals surface area contributed by atoms with Crippen LogP contribution in [0.5, 0.6) is 0 Å². The van der Waals surface area contributed by atoms with Crippen molar-refractivity contribution in [3.8, 4) is 0 Å². The van der Waals surface area contributed by atoms with Crippen molar-refractivity contribution in [2.75, 3.05) is 0 Å². The summed E-state index contributed by atoms with van der Waals surface area (Å²) in [7, 11) is 0. The average molecular weight is 247 g/mol. The first kappa shape index (κ1) is 15.2. The first-order valence-corrected chi connectivity index (χ1v) is 7.02. The summed E-state index contributed by atoms with van der Waals surface area (Å²) in [5.74, 6) is 0. The first-order chi connectivity index (χ1) is 8.15. The maximum Gasteiger partial charge on any atom is 0.0299 e. The van der Waals surface area contributed by atoms with Gasteiger partial charge in [0.05, 0.1) is 0 Å². The van der Waals surface area contributed by atoms with Gasteiger partial charge in [-0.2, -0.15) is 0 Å². The summed E-state index contributed by atoms with van der Waals surface area (Å²) in [6.07, 6.45) is 2.17. The van der Waals surface area contributed by atoms with Gasteiger partial charge in [-0.05, 0) is 34.8 Å². The van der Waals surface area contributed by atoms with E-state index >= 15 is 0 Å². The van der Waals surface area contributed by atoms with Gasteiger partial charge in [-0.1, -0.05) is 65.8 Å². The van der Waals surface area contributed by atoms with E-state index in [1.54, 1.807) is 0 Å². The Kier molecular flexibility index (Phi) is 4.61. The molecule has 0 heterocycles. The topological polar surface area (TPSA) is 26.0 Å². The molecule has 0 bridgehead atoms. The zero-order chi connectivity index (χ0) is 14.0. The van der Waals surface area contributed by atoms with Gasteiger partial charge in [-0.25, -0.2) is 0 Å². The fourth-order valence-corrected chi connectivity index (χ4v) is 2.16. The van der Waals surface area contributed by atoms with Crippen molar-refractivity contribution >= 4 is 0 Å². The fourth-order valence-electron chi connectivity index (χ4n) is 2.16. The molecule has 1 rings (SSSR count). The van der Waals surface area contributed by atoms with E-state index in [1.807, 2.05) is 0 Å². The van der Waals surface area contributed by atoms with E-state index < -0.39 is 0 Å². The predicted molar refractivity (Wildman–Crippen MR) is 80.8 cm³/mol. The van der Waals surface area contributed by atoms with Gasteiger partial charge in [0.15, 0.2) is 0 Å². The Morgan fingerprint density at radius 2 is 1.50 bits per heavy atom. The minimum absolute atomic E-state index is 0.142. The molecule has 0 radical (unpaired) electrons. The molecule has 1 heteroatoms. The molecule has 0 amide bonds. The third-order valence-electron chi connectivity index (χ3n) is 3.84. The molecule has 0 aliphatic rings. The molecule has 0 saturated heterocycles. The van der Waals surface area contributed by atoms with Gasteiger partial charge in [0.1, 0.15) is 0 Å². The minimum Gasteiger partial charge on any atom is -0.324 e. The summed E-state index contributed by atoms with van der Waals surface area (Å²) >= 11 is 0. The smallest absolute Gasteiger partial charge is 0.0299 e. The molecule has 2 N–H and O–H groups in total. The Morgan fingerprint density at radius 3 is 1.89 bits per heavy atom. The second-order valence-corrected chi connectivity index (χ2v) is 7.23.